The Kier molecular flexibility index (Phi) is 2.79. The summed E-state index contributed by atoms with van der Waals surface area (Å²) in [6.07, 6.45) is 1.60. The third-order valence-electron chi connectivity index (χ3n) is 3.08. The molecule has 1 fully saturated rings. The summed E-state index contributed by atoms with van der Waals surface area (Å²) in [5, 5.41) is 19.8. The van der Waals surface area contributed by atoms with Crippen LogP contribution in [-0.4, -0.2) is 16.0 Å². The molecule has 1 N–H and O–H groups in total. The van der Waals surface area contributed by atoms with Crippen LogP contribution in [0.4, 0.5) is 5.69 Å². The maximum atomic E-state index is 11.0. The SMILES string of the molecule is O=C(O)C1(Cc2ccc([N+](=O)[O-])cc2Cl)CC1. The largest absolute Gasteiger partial charge is 0.481 e. The number of hydrogen-bond acceptors (Lipinski definition) is 3. The fourth-order valence-electron chi connectivity index (χ4n) is 1.77. The lowest BCUT2D eigenvalue weighted by atomic mass is 9.96. The van der Waals surface area contributed by atoms with Crippen LogP contribution in [0.2, 0.25) is 5.02 Å². The van der Waals surface area contributed by atoms with Crippen LogP contribution in [0.3, 0.4) is 0 Å². The second kappa shape index (κ2) is 4.00. The average Bonchev–Trinajstić information content (AvgIpc) is 3.02. The Labute approximate surface area is 102 Å². The highest BCUT2D eigenvalue weighted by molar-refractivity contribution is 6.31. The summed E-state index contributed by atoms with van der Waals surface area (Å²) < 4.78 is 0. The number of carboxylic acids is 1. The van der Waals surface area contributed by atoms with Gasteiger partial charge in [0.15, 0.2) is 0 Å². The Balaban J connectivity index is 2.23. The van der Waals surface area contributed by atoms with Crippen molar-refractivity contribution in [2.24, 2.45) is 5.41 Å². The smallest absolute Gasteiger partial charge is 0.309 e. The Hall–Kier alpha value is -1.62. The maximum absolute atomic E-state index is 11.0. The zero-order valence-corrected chi connectivity index (χ0v) is 9.61. The molecule has 0 spiro atoms. The normalized spacial score (nSPS) is 16.5. The van der Waals surface area contributed by atoms with E-state index in [9.17, 15) is 14.9 Å². The van der Waals surface area contributed by atoms with E-state index in [1.54, 1.807) is 0 Å². The molecule has 90 valence electrons. The summed E-state index contributed by atoms with van der Waals surface area (Å²) in [5.74, 6) is -0.827. The maximum Gasteiger partial charge on any atom is 0.309 e. The van der Waals surface area contributed by atoms with E-state index in [-0.39, 0.29) is 10.7 Å². The van der Waals surface area contributed by atoms with Crippen molar-refractivity contribution in [3.63, 3.8) is 0 Å². The molecule has 5 nitrogen and oxygen atoms in total. The van der Waals surface area contributed by atoms with E-state index in [0.717, 1.165) is 0 Å². The molecule has 6 heteroatoms. The molecule has 0 atom stereocenters. The first-order chi connectivity index (χ1) is 7.94. The second-order valence-corrected chi connectivity index (χ2v) is 4.70. The van der Waals surface area contributed by atoms with Crippen LogP contribution in [0.1, 0.15) is 18.4 Å². The minimum absolute atomic E-state index is 0.0843. The zero-order chi connectivity index (χ0) is 12.6. The summed E-state index contributed by atoms with van der Waals surface area (Å²) >= 11 is 5.91. The number of hydrogen-bond donors (Lipinski definition) is 1. The number of halogens is 1. The molecule has 0 bridgehead atoms. The molecule has 1 aliphatic carbocycles. The summed E-state index contributed by atoms with van der Waals surface area (Å²) in [7, 11) is 0. The molecule has 0 amide bonds. The van der Waals surface area contributed by atoms with Crippen molar-refractivity contribution in [2.45, 2.75) is 19.3 Å². The highest BCUT2D eigenvalue weighted by Gasteiger charge is 2.50. The number of nitro groups is 1. The van der Waals surface area contributed by atoms with Crippen molar-refractivity contribution in [3.05, 3.63) is 38.9 Å². The van der Waals surface area contributed by atoms with Crippen LogP contribution in [0.15, 0.2) is 18.2 Å². The second-order valence-electron chi connectivity index (χ2n) is 4.30. The van der Waals surface area contributed by atoms with Gasteiger partial charge in [-0.3, -0.25) is 14.9 Å². The van der Waals surface area contributed by atoms with Crippen LogP contribution in [-0.2, 0) is 11.2 Å². The molecular weight excluding hydrogens is 246 g/mol. The van der Waals surface area contributed by atoms with Crippen molar-refractivity contribution in [1.29, 1.82) is 0 Å². The number of non-ortho nitro benzene ring substituents is 1. The number of aliphatic carboxylic acids is 1. The van der Waals surface area contributed by atoms with Crippen LogP contribution in [0, 0.1) is 15.5 Å². The van der Waals surface area contributed by atoms with E-state index in [1.807, 2.05) is 0 Å². The summed E-state index contributed by atoms with van der Waals surface area (Å²) in [4.78, 5) is 21.0. The highest BCUT2D eigenvalue weighted by Crippen LogP contribution is 2.49. The Morgan fingerprint density at radius 3 is 2.59 bits per heavy atom. The van der Waals surface area contributed by atoms with Gasteiger partial charge in [-0.15, -0.1) is 0 Å². The van der Waals surface area contributed by atoms with Crippen LogP contribution in [0.25, 0.3) is 0 Å². The molecule has 0 aromatic heterocycles. The molecular formula is C11H10ClNO4. The standard InChI is InChI=1S/C11H10ClNO4/c12-9-5-8(13(16)17)2-1-7(9)6-11(3-4-11)10(14)15/h1-2,5H,3-4,6H2,(H,14,15). The van der Waals surface area contributed by atoms with Gasteiger partial charge in [0.1, 0.15) is 0 Å². The Bertz CT molecular complexity index is 496. The van der Waals surface area contributed by atoms with Crippen LogP contribution in [0.5, 0.6) is 0 Å². The van der Waals surface area contributed by atoms with Gasteiger partial charge >= 0.3 is 5.97 Å². The van der Waals surface area contributed by atoms with Crippen LogP contribution < -0.4 is 0 Å². The first kappa shape index (κ1) is 11.9. The van der Waals surface area contributed by atoms with Gasteiger partial charge in [-0.25, -0.2) is 0 Å². The van der Waals surface area contributed by atoms with E-state index in [1.165, 1.54) is 18.2 Å². The number of nitrogens with zero attached hydrogens (tertiary/aromatic N) is 1. The van der Waals surface area contributed by atoms with E-state index in [4.69, 9.17) is 16.7 Å². The first-order valence-electron chi connectivity index (χ1n) is 5.11. The van der Waals surface area contributed by atoms with Crippen molar-refractivity contribution >= 4 is 23.3 Å². The predicted octanol–water partition coefficient (Wildman–Crippen LogP) is 2.66. The topological polar surface area (TPSA) is 80.4 Å². The molecule has 0 heterocycles. The summed E-state index contributed by atoms with van der Waals surface area (Å²) in [5.41, 5.74) is -0.143. The molecule has 1 aliphatic rings. The van der Waals surface area contributed by atoms with Crippen molar-refractivity contribution < 1.29 is 14.8 Å². The lowest BCUT2D eigenvalue weighted by Crippen LogP contribution is -2.17. The van der Waals surface area contributed by atoms with Crippen LogP contribution >= 0.6 is 11.6 Å². The molecule has 1 aromatic rings. The predicted molar refractivity (Wildman–Crippen MR) is 61.1 cm³/mol. The zero-order valence-electron chi connectivity index (χ0n) is 8.85. The van der Waals surface area contributed by atoms with Crippen molar-refractivity contribution in [1.82, 2.24) is 0 Å². The van der Waals surface area contributed by atoms with Gasteiger partial charge in [-0.1, -0.05) is 17.7 Å². The van der Waals surface area contributed by atoms with E-state index < -0.39 is 16.3 Å². The third-order valence-corrected chi connectivity index (χ3v) is 3.44. The lowest BCUT2D eigenvalue weighted by Gasteiger charge is -2.10. The molecule has 0 unspecified atom stereocenters. The van der Waals surface area contributed by atoms with Crippen molar-refractivity contribution in [3.8, 4) is 0 Å². The molecule has 0 saturated heterocycles. The summed E-state index contributed by atoms with van der Waals surface area (Å²) in [6, 6.07) is 4.14. The Morgan fingerprint density at radius 2 is 2.18 bits per heavy atom. The Morgan fingerprint density at radius 1 is 1.53 bits per heavy atom. The van der Waals surface area contributed by atoms with Gasteiger partial charge < -0.3 is 5.11 Å². The average molecular weight is 256 g/mol. The molecule has 1 aromatic carbocycles. The van der Waals surface area contributed by atoms with E-state index in [0.29, 0.717) is 24.8 Å². The number of carbonyl (C=O) groups is 1. The molecule has 1 saturated carbocycles. The number of benzene rings is 1. The minimum atomic E-state index is -0.827. The van der Waals surface area contributed by atoms with Gasteiger partial charge in [0.25, 0.3) is 5.69 Å². The van der Waals surface area contributed by atoms with E-state index >= 15 is 0 Å². The van der Waals surface area contributed by atoms with Gasteiger partial charge in [0.05, 0.1) is 15.4 Å². The van der Waals surface area contributed by atoms with E-state index in [2.05, 4.69) is 0 Å². The quantitative estimate of drug-likeness (QED) is 0.662. The number of rotatable bonds is 4. The van der Waals surface area contributed by atoms with Gasteiger partial charge in [-0.05, 0) is 24.8 Å². The highest BCUT2D eigenvalue weighted by atomic mass is 35.5. The van der Waals surface area contributed by atoms with Gasteiger partial charge in [0, 0.05) is 12.1 Å². The summed E-state index contributed by atoms with van der Waals surface area (Å²) in [6.45, 7) is 0. The first-order valence-corrected chi connectivity index (χ1v) is 5.49. The molecule has 2 rings (SSSR count). The fraction of sp³-hybridized carbons (Fsp3) is 0.364. The third kappa shape index (κ3) is 2.24. The molecule has 17 heavy (non-hydrogen) atoms. The number of nitro benzene ring substituents is 1. The molecule has 0 radical (unpaired) electrons. The lowest BCUT2D eigenvalue weighted by molar-refractivity contribution is -0.384. The number of carboxylic acid groups (broad SMARTS) is 1. The monoisotopic (exact) mass is 255 g/mol. The van der Waals surface area contributed by atoms with Gasteiger partial charge in [0.2, 0.25) is 0 Å². The van der Waals surface area contributed by atoms with Crippen molar-refractivity contribution in [2.75, 3.05) is 0 Å². The molecule has 0 aliphatic heterocycles. The van der Waals surface area contributed by atoms with Gasteiger partial charge in [-0.2, -0.15) is 0 Å². The fourth-order valence-corrected chi connectivity index (χ4v) is 2.02. The minimum Gasteiger partial charge on any atom is -0.481 e.